The first-order valence-corrected chi connectivity index (χ1v) is 24.9. The van der Waals surface area contributed by atoms with E-state index in [0.717, 1.165) is 27.8 Å². The molecule has 75 heavy (non-hydrogen) atoms. The number of ketones is 1. The van der Waals surface area contributed by atoms with Gasteiger partial charge in [-0.25, -0.2) is 9.59 Å². The third kappa shape index (κ3) is 13.9. The summed E-state index contributed by atoms with van der Waals surface area (Å²) in [4.78, 5) is 58.4. The van der Waals surface area contributed by atoms with Crippen LogP contribution < -0.4 is 29.6 Å². The molecule has 2 atom stereocenters. The highest BCUT2D eigenvalue weighted by Crippen LogP contribution is 2.38. The fourth-order valence-corrected chi connectivity index (χ4v) is 8.55. The molecule has 1 aliphatic rings. The summed E-state index contributed by atoms with van der Waals surface area (Å²) in [6, 6.07) is 61.2. The zero-order valence-corrected chi connectivity index (χ0v) is 41.2. The predicted octanol–water partition coefficient (Wildman–Crippen LogP) is 11.3. The van der Waals surface area contributed by atoms with Crippen molar-refractivity contribution in [3.8, 4) is 23.0 Å². The van der Waals surface area contributed by atoms with Gasteiger partial charge in [-0.1, -0.05) is 158 Å². The number of carbonyl (C=O) groups is 4. The Balaban J connectivity index is 1.05. The van der Waals surface area contributed by atoms with E-state index in [9.17, 15) is 14.4 Å². The number of ether oxygens (including phenoxy) is 6. The van der Waals surface area contributed by atoms with E-state index in [0.29, 0.717) is 43.9 Å². The zero-order valence-electron chi connectivity index (χ0n) is 41.2. The number of rotatable bonds is 21. The molecule has 0 radical (unpaired) electrons. The predicted molar refractivity (Wildman–Crippen MR) is 284 cm³/mol. The summed E-state index contributed by atoms with van der Waals surface area (Å²) in [7, 11) is 0. The topological polar surface area (TPSA) is 148 Å². The lowest BCUT2D eigenvalue weighted by Gasteiger charge is -2.26. The molecule has 0 aromatic heterocycles. The van der Waals surface area contributed by atoms with E-state index in [-0.39, 0.29) is 71.8 Å². The average molecular weight is 1000 g/mol. The second-order valence-corrected chi connectivity index (χ2v) is 17.9. The molecule has 0 spiro atoms. The van der Waals surface area contributed by atoms with Crippen LogP contribution in [0.2, 0.25) is 0 Å². The van der Waals surface area contributed by atoms with Crippen LogP contribution in [0.4, 0.5) is 0 Å². The second kappa shape index (κ2) is 25.6. The Labute approximate surface area is 436 Å². The number of benzene rings is 8. The molecule has 1 aliphatic heterocycles. The van der Waals surface area contributed by atoms with Crippen LogP contribution in [0.5, 0.6) is 23.0 Å². The highest BCUT2D eigenvalue weighted by Gasteiger charge is 2.33. The van der Waals surface area contributed by atoms with Crippen LogP contribution in [0.1, 0.15) is 87.7 Å². The normalized spacial score (nSPS) is 14.1. The molecule has 0 unspecified atom stereocenters. The summed E-state index contributed by atoms with van der Waals surface area (Å²) < 4.78 is 37.6. The van der Waals surface area contributed by atoms with Gasteiger partial charge in [-0.2, -0.15) is 0 Å². The molecule has 378 valence electrons. The van der Waals surface area contributed by atoms with Crippen LogP contribution in [0.3, 0.4) is 0 Å². The van der Waals surface area contributed by atoms with Gasteiger partial charge < -0.3 is 39.1 Å². The molecule has 8 aromatic rings. The van der Waals surface area contributed by atoms with Gasteiger partial charge in [0.15, 0.2) is 0 Å². The Morgan fingerprint density at radius 2 is 0.947 bits per heavy atom. The maximum absolute atomic E-state index is 15.7. The van der Waals surface area contributed by atoms with Gasteiger partial charge in [0.25, 0.3) is 5.91 Å². The van der Waals surface area contributed by atoms with Gasteiger partial charge in [0, 0.05) is 12.1 Å². The Hall–Kier alpha value is -9.00. The standard InChI is InChI=1S/C63H56N2O10/c66-60(58-52(63(69)74-43-48-26-14-5-15-27-48)28-16-29-55(58)71-40-45-20-8-2-9-21-45)59-56(72-41-46-22-10-3-11-23-46)36-50(37-57(59)73-42-47-24-12-4-13-25-47)62(68)75-54-30-17-35-64-38-53(54)65-61(67)49-31-33-51(34-32-49)70-39-44-18-6-1-7-19-44/h1-16,18-29,31-34,36-37,53-54,64H,17,30,35,38-43H2,(H,65,67)/t53-,54-/m1/s1. The van der Waals surface area contributed by atoms with Gasteiger partial charge in [-0.05, 0) is 95.7 Å². The minimum absolute atomic E-state index is 0.00158. The first-order valence-electron chi connectivity index (χ1n) is 24.9. The SMILES string of the molecule is O=C(N[C@@H]1CNCCC[C@H]1OC(=O)c1cc(OCc2ccccc2)c(C(=O)c2c(OCc3ccccc3)cccc2C(=O)OCc2ccccc2)c(OCc2ccccc2)c1)c1ccc(OCc2ccccc2)cc1. The van der Waals surface area contributed by atoms with E-state index in [4.69, 9.17) is 28.4 Å². The first-order chi connectivity index (χ1) is 36.8. The average Bonchev–Trinajstić information content (AvgIpc) is 3.69. The van der Waals surface area contributed by atoms with Crippen LogP contribution >= 0.6 is 0 Å². The van der Waals surface area contributed by atoms with Gasteiger partial charge in [0.05, 0.1) is 22.7 Å². The summed E-state index contributed by atoms with van der Waals surface area (Å²) in [6.07, 6.45) is 0.375. The third-order valence-electron chi connectivity index (χ3n) is 12.5. The molecule has 1 heterocycles. The molecule has 12 nitrogen and oxygen atoms in total. The molecule has 0 saturated carbocycles. The number of amides is 1. The quantitative estimate of drug-likeness (QED) is 0.0523. The highest BCUT2D eigenvalue weighted by atomic mass is 16.5. The first kappa shape index (κ1) is 50.9. The van der Waals surface area contributed by atoms with Crippen molar-refractivity contribution in [3.05, 3.63) is 262 Å². The van der Waals surface area contributed by atoms with Gasteiger partial charge in [0.2, 0.25) is 5.78 Å². The van der Waals surface area contributed by atoms with Crippen molar-refractivity contribution in [3.63, 3.8) is 0 Å². The molecule has 0 bridgehead atoms. The summed E-state index contributed by atoms with van der Waals surface area (Å²) in [5, 5.41) is 6.46. The summed E-state index contributed by atoms with van der Waals surface area (Å²) in [5.74, 6) is -1.78. The van der Waals surface area contributed by atoms with E-state index in [1.54, 1.807) is 36.4 Å². The van der Waals surface area contributed by atoms with Crippen molar-refractivity contribution in [1.29, 1.82) is 0 Å². The van der Waals surface area contributed by atoms with Crippen molar-refractivity contribution < 1.29 is 47.6 Å². The lowest BCUT2D eigenvalue weighted by molar-refractivity contribution is 0.0191. The van der Waals surface area contributed by atoms with Gasteiger partial charge in [0.1, 0.15) is 67.7 Å². The van der Waals surface area contributed by atoms with E-state index in [2.05, 4.69) is 10.6 Å². The van der Waals surface area contributed by atoms with Crippen molar-refractivity contribution in [2.45, 2.75) is 58.0 Å². The molecule has 1 saturated heterocycles. The number of nitrogens with one attached hydrogen (secondary N) is 2. The molecule has 1 amide bonds. The zero-order chi connectivity index (χ0) is 51.6. The number of esters is 2. The van der Waals surface area contributed by atoms with Crippen molar-refractivity contribution >= 4 is 23.6 Å². The Bertz CT molecular complexity index is 3090. The fraction of sp³-hybridized carbons (Fsp3) is 0.175. The van der Waals surface area contributed by atoms with Crippen LogP contribution in [0.25, 0.3) is 0 Å². The molecule has 8 aromatic carbocycles. The monoisotopic (exact) mass is 1000 g/mol. The Kier molecular flexibility index (Phi) is 17.4. The molecule has 0 aliphatic carbocycles. The third-order valence-corrected chi connectivity index (χ3v) is 12.5. The Morgan fingerprint density at radius 1 is 0.467 bits per heavy atom. The van der Waals surface area contributed by atoms with E-state index >= 15 is 4.79 Å². The Morgan fingerprint density at radius 3 is 1.47 bits per heavy atom. The van der Waals surface area contributed by atoms with Gasteiger partial charge in [-0.3, -0.25) is 9.59 Å². The maximum atomic E-state index is 15.7. The molecule has 12 heteroatoms. The lowest BCUT2D eigenvalue weighted by Crippen LogP contribution is -2.49. The number of carbonyl (C=O) groups excluding carboxylic acids is 4. The van der Waals surface area contributed by atoms with Gasteiger partial charge in [-0.15, -0.1) is 0 Å². The smallest absolute Gasteiger partial charge is 0.339 e. The van der Waals surface area contributed by atoms with E-state index in [1.165, 1.54) is 18.2 Å². The second-order valence-electron chi connectivity index (χ2n) is 17.9. The molecule has 1 fully saturated rings. The van der Waals surface area contributed by atoms with E-state index in [1.807, 2.05) is 152 Å². The number of hydrogen-bond donors (Lipinski definition) is 2. The lowest BCUT2D eigenvalue weighted by atomic mass is 9.94. The van der Waals surface area contributed by atoms with Crippen LogP contribution in [-0.2, 0) is 42.5 Å². The van der Waals surface area contributed by atoms with Crippen molar-refractivity contribution in [1.82, 2.24) is 10.6 Å². The van der Waals surface area contributed by atoms with Gasteiger partial charge >= 0.3 is 11.9 Å². The summed E-state index contributed by atoms with van der Waals surface area (Å²) in [5.41, 5.74) is 4.43. The molecule has 9 rings (SSSR count). The van der Waals surface area contributed by atoms with Crippen LogP contribution in [-0.4, -0.2) is 48.9 Å². The minimum Gasteiger partial charge on any atom is -0.489 e. The largest absolute Gasteiger partial charge is 0.489 e. The highest BCUT2D eigenvalue weighted by molar-refractivity contribution is 6.19. The summed E-state index contributed by atoms with van der Waals surface area (Å²) in [6.45, 7) is 1.41. The molecule has 2 N–H and O–H groups in total. The van der Waals surface area contributed by atoms with Crippen LogP contribution in [0, 0.1) is 0 Å². The fourth-order valence-electron chi connectivity index (χ4n) is 8.55. The molecular formula is C63H56N2O10. The number of hydrogen-bond acceptors (Lipinski definition) is 11. The summed E-state index contributed by atoms with van der Waals surface area (Å²) >= 11 is 0. The molecular weight excluding hydrogens is 945 g/mol. The maximum Gasteiger partial charge on any atom is 0.339 e. The van der Waals surface area contributed by atoms with E-state index < -0.39 is 29.9 Å². The van der Waals surface area contributed by atoms with Crippen molar-refractivity contribution in [2.75, 3.05) is 13.1 Å². The van der Waals surface area contributed by atoms with Crippen molar-refractivity contribution in [2.24, 2.45) is 0 Å². The minimum atomic E-state index is -0.754. The van der Waals surface area contributed by atoms with Crippen LogP contribution in [0.15, 0.2) is 206 Å².